The van der Waals surface area contributed by atoms with Gasteiger partial charge >= 0.3 is 0 Å². The zero-order chi connectivity index (χ0) is 14.0. The Bertz CT molecular complexity index is 618. The van der Waals surface area contributed by atoms with Gasteiger partial charge in [0.2, 0.25) is 0 Å². The number of halogens is 2. The molecule has 0 spiro atoms. The Morgan fingerprint density at radius 3 is 2.32 bits per heavy atom. The molecule has 2 aromatic rings. The molecule has 0 aliphatic heterocycles. The molecule has 2 rings (SSSR count). The third kappa shape index (κ3) is 2.96. The lowest BCUT2D eigenvalue weighted by molar-refractivity contribution is 0.102. The average molecular weight is 261 g/mol. The van der Waals surface area contributed by atoms with Crippen LogP contribution in [-0.2, 0) is 0 Å². The van der Waals surface area contributed by atoms with Crippen LogP contribution >= 0.6 is 0 Å². The SMILES string of the molecule is Cc1cccc(C(=O)Nc2cc(F)cc(F)c2)c1C. The number of nitrogens with one attached hydrogen (secondary N) is 1. The van der Waals surface area contributed by atoms with Crippen LogP contribution < -0.4 is 5.32 Å². The van der Waals surface area contributed by atoms with E-state index in [-0.39, 0.29) is 11.6 Å². The zero-order valence-corrected chi connectivity index (χ0v) is 10.6. The van der Waals surface area contributed by atoms with E-state index in [1.54, 1.807) is 12.1 Å². The van der Waals surface area contributed by atoms with E-state index < -0.39 is 11.6 Å². The molecule has 0 atom stereocenters. The van der Waals surface area contributed by atoms with Gasteiger partial charge in [0.15, 0.2) is 0 Å². The number of anilines is 1. The highest BCUT2D eigenvalue weighted by Crippen LogP contribution is 2.17. The third-order valence-corrected chi connectivity index (χ3v) is 2.97. The van der Waals surface area contributed by atoms with E-state index in [0.717, 1.165) is 29.3 Å². The van der Waals surface area contributed by atoms with Gasteiger partial charge in [-0.05, 0) is 43.2 Å². The molecule has 98 valence electrons. The van der Waals surface area contributed by atoms with Crippen LogP contribution in [0, 0.1) is 25.5 Å². The first-order chi connectivity index (χ1) is 8.97. The van der Waals surface area contributed by atoms with Gasteiger partial charge in [-0.2, -0.15) is 0 Å². The van der Waals surface area contributed by atoms with Crippen molar-refractivity contribution in [2.45, 2.75) is 13.8 Å². The maximum absolute atomic E-state index is 13.0. The molecular weight excluding hydrogens is 248 g/mol. The molecule has 0 saturated heterocycles. The minimum atomic E-state index is -0.726. The number of amides is 1. The lowest BCUT2D eigenvalue weighted by Crippen LogP contribution is -2.14. The first-order valence-corrected chi connectivity index (χ1v) is 5.81. The number of carbonyl (C=O) groups is 1. The lowest BCUT2D eigenvalue weighted by atomic mass is 10.0. The van der Waals surface area contributed by atoms with Gasteiger partial charge in [-0.3, -0.25) is 4.79 Å². The smallest absolute Gasteiger partial charge is 0.255 e. The predicted octanol–water partition coefficient (Wildman–Crippen LogP) is 3.83. The fourth-order valence-electron chi connectivity index (χ4n) is 1.82. The molecule has 2 aromatic carbocycles. The summed E-state index contributed by atoms with van der Waals surface area (Å²) in [7, 11) is 0. The molecule has 0 saturated carbocycles. The van der Waals surface area contributed by atoms with E-state index in [0.29, 0.717) is 5.56 Å². The van der Waals surface area contributed by atoms with Crippen LogP contribution in [0.2, 0.25) is 0 Å². The highest BCUT2D eigenvalue weighted by molar-refractivity contribution is 6.05. The predicted molar refractivity (Wildman–Crippen MR) is 70.2 cm³/mol. The van der Waals surface area contributed by atoms with Crippen molar-refractivity contribution < 1.29 is 13.6 Å². The van der Waals surface area contributed by atoms with Crippen LogP contribution in [-0.4, -0.2) is 5.91 Å². The molecule has 0 aliphatic rings. The van der Waals surface area contributed by atoms with Crippen molar-refractivity contribution >= 4 is 11.6 Å². The number of rotatable bonds is 2. The van der Waals surface area contributed by atoms with Crippen LogP contribution in [0.5, 0.6) is 0 Å². The van der Waals surface area contributed by atoms with Crippen molar-refractivity contribution in [1.82, 2.24) is 0 Å². The summed E-state index contributed by atoms with van der Waals surface area (Å²) in [5.41, 5.74) is 2.42. The molecule has 19 heavy (non-hydrogen) atoms. The molecule has 0 heterocycles. The molecule has 0 aliphatic carbocycles. The number of carbonyl (C=O) groups excluding carboxylic acids is 1. The maximum Gasteiger partial charge on any atom is 0.255 e. The van der Waals surface area contributed by atoms with Gasteiger partial charge in [-0.1, -0.05) is 12.1 Å². The van der Waals surface area contributed by atoms with Crippen molar-refractivity contribution in [1.29, 1.82) is 0 Å². The summed E-state index contributed by atoms with van der Waals surface area (Å²) in [4.78, 5) is 12.1. The lowest BCUT2D eigenvalue weighted by Gasteiger charge is -2.09. The van der Waals surface area contributed by atoms with E-state index in [4.69, 9.17) is 0 Å². The summed E-state index contributed by atoms with van der Waals surface area (Å²) in [6, 6.07) is 8.25. The van der Waals surface area contributed by atoms with Crippen LogP contribution in [0.4, 0.5) is 14.5 Å². The van der Waals surface area contributed by atoms with Crippen LogP contribution in [0.3, 0.4) is 0 Å². The monoisotopic (exact) mass is 261 g/mol. The number of hydrogen-bond donors (Lipinski definition) is 1. The fourth-order valence-corrected chi connectivity index (χ4v) is 1.82. The first-order valence-electron chi connectivity index (χ1n) is 5.81. The van der Waals surface area contributed by atoms with Crippen molar-refractivity contribution in [2.24, 2.45) is 0 Å². The topological polar surface area (TPSA) is 29.1 Å². The Kier molecular flexibility index (Phi) is 3.60. The zero-order valence-electron chi connectivity index (χ0n) is 10.6. The summed E-state index contributed by atoms with van der Waals surface area (Å²) in [5.74, 6) is -1.83. The minimum Gasteiger partial charge on any atom is -0.322 e. The van der Waals surface area contributed by atoms with Gasteiger partial charge in [-0.15, -0.1) is 0 Å². The van der Waals surface area contributed by atoms with Crippen LogP contribution in [0.25, 0.3) is 0 Å². The summed E-state index contributed by atoms with van der Waals surface area (Å²) in [6.45, 7) is 3.73. The van der Waals surface area contributed by atoms with E-state index in [9.17, 15) is 13.6 Å². The summed E-state index contributed by atoms with van der Waals surface area (Å²) >= 11 is 0. The van der Waals surface area contributed by atoms with Gasteiger partial charge in [0.1, 0.15) is 11.6 Å². The average Bonchev–Trinajstić information content (AvgIpc) is 2.31. The first kappa shape index (κ1) is 13.2. The van der Waals surface area contributed by atoms with Crippen molar-refractivity contribution in [3.05, 3.63) is 64.7 Å². The number of hydrogen-bond acceptors (Lipinski definition) is 1. The number of aryl methyl sites for hydroxylation is 1. The van der Waals surface area contributed by atoms with Crippen LogP contribution in [0.1, 0.15) is 21.5 Å². The second-order valence-corrected chi connectivity index (χ2v) is 4.36. The number of benzene rings is 2. The Labute approximate surface area is 110 Å². The van der Waals surface area contributed by atoms with E-state index in [1.807, 2.05) is 19.9 Å². The van der Waals surface area contributed by atoms with E-state index in [2.05, 4.69) is 5.32 Å². The van der Waals surface area contributed by atoms with Gasteiger partial charge in [0.25, 0.3) is 5.91 Å². The Balaban J connectivity index is 2.28. The molecule has 4 heteroatoms. The second-order valence-electron chi connectivity index (χ2n) is 4.36. The fraction of sp³-hybridized carbons (Fsp3) is 0.133. The van der Waals surface area contributed by atoms with Crippen molar-refractivity contribution in [3.63, 3.8) is 0 Å². The minimum absolute atomic E-state index is 0.100. The van der Waals surface area contributed by atoms with Gasteiger partial charge in [-0.25, -0.2) is 8.78 Å². The van der Waals surface area contributed by atoms with Gasteiger partial charge in [0.05, 0.1) is 0 Å². The van der Waals surface area contributed by atoms with E-state index in [1.165, 1.54) is 0 Å². The van der Waals surface area contributed by atoms with E-state index >= 15 is 0 Å². The highest BCUT2D eigenvalue weighted by atomic mass is 19.1. The Morgan fingerprint density at radius 2 is 1.68 bits per heavy atom. The molecule has 0 fully saturated rings. The van der Waals surface area contributed by atoms with Crippen molar-refractivity contribution in [2.75, 3.05) is 5.32 Å². The molecule has 2 nitrogen and oxygen atoms in total. The Hall–Kier alpha value is -2.23. The molecular formula is C15H13F2NO. The van der Waals surface area contributed by atoms with Crippen molar-refractivity contribution in [3.8, 4) is 0 Å². The largest absolute Gasteiger partial charge is 0.322 e. The Morgan fingerprint density at radius 1 is 1.05 bits per heavy atom. The highest BCUT2D eigenvalue weighted by Gasteiger charge is 2.11. The quantitative estimate of drug-likeness (QED) is 0.874. The second kappa shape index (κ2) is 5.18. The van der Waals surface area contributed by atoms with Gasteiger partial charge < -0.3 is 5.32 Å². The molecule has 0 unspecified atom stereocenters. The maximum atomic E-state index is 13.0. The summed E-state index contributed by atoms with van der Waals surface area (Å²) in [6.07, 6.45) is 0. The third-order valence-electron chi connectivity index (χ3n) is 2.97. The summed E-state index contributed by atoms with van der Waals surface area (Å²) in [5, 5.41) is 2.49. The molecule has 0 aromatic heterocycles. The standard InChI is InChI=1S/C15H13F2NO/c1-9-4-3-5-14(10(9)2)15(19)18-13-7-11(16)6-12(17)8-13/h3-8H,1-2H3,(H,18,19). The molecule has 1 amide bonds. The van der Waals surface area contributed by atoms with Crippen LogP contribution in [0.15, 0.2) is 36.4 Å². The summed E-state index contributed by atoms with van der Waals surface area (Å²) < 4.78 is 26.1. The molecule has 0 radical (unpaired) electrons. The molecule has 0 bridgehead atoms. The molecule has 1 N–H and O–H groups in total. The normalized spacial score (nSPS) is 10.3. The van der Waals surface area contributed by atoms with Gasteiger partial charge in [0, 0.05) is 17.3 Å².